The third-order valence-electron chi connectivity index (χ3n) is 6.07. The van der Waals surface area contributed by atoms with Gasteiger partial charge in [-0.05, 0) is 44.1 Å². The minimum atomic E-state index is -0.515. The largest absolute Gasteiger partial charge is 0.482 e. The van der Waals surface area contributed by atoms with Crippen molar-refractivity contribution in [1.29, 1.82) is 0 Å². The van der Waals surface area contributed by atoms with Crippen molar-refractivity contribution in [3.8, 4) is 5.75 Å². The summed E-state index contributed by atoms with van der Waals surface area (Å²) in [5.41, 5.74) is 3.04. The summed E-state index contributed by atoms with van der Waals surface area (Å²) < 4.78 is 12.1. The Labute approximate surface area is 200 Å². The van der Waals surface area contributed by atoms with Crippen molar-refractivity contribution < 1.29 is 14.3 Å². The van der Waals surface area contributed by atoms with E-state index in [4.69, 9.17) is 21.2 Å². The Bertz CT molecular complexity index is 1110. The van der Waals surface area contributed by atoms with Crippen molar-refractivity contribution >= 4 is 17.5 Å². The van der Waals surface area contributed by atoms with Gasteiger partial charge in [0.1, 0.15) is 17.0 Å². The van der Waals surface area contributed by atoms with E-state index < -0.39 is 11.2 Å². The molecule has 0 bridgehead atoms. The number of nitrogens with zero attached hydrogens (tertiary/aromatic N) is 3. The highest BCUT2D eigenvalue weighted by atomic mass is 16.6. The van der Waals surface area contributed by atoms with Crippen LogP contribution in [0.25, 0.3) is 5.57 Å². The highest BCUT2D eigenvalue weighted by molar-refractivity contribution is 5.98. The number of amides is 1. The molecule has 0 saturated carbocycles. The lowest BCUT2D eigenvalue weighted by molar-refractivity contribution is -0.00115. The average Bonchev–Trinajstić information content (AvgIpc) is 2.78. The molecule has 2 aliphatic rings. The smallest absolute Gasteiger partial charge is 0.410 e. The number of piperidine rings is 1. The first-order valence-corrected chi connectivity index (χ1v) is 11.5. The maximum atomic E-state index is 12.5. The molecule has 34 heavy (non-hydrogen) atoms. The number of likely N-dealkylation sites (tertiary alicyclic amines) is 1. The summed E-state index contributed by atoms with van der Waals surface area (Å²) in [6.07, 6.45) is 3.30. The minimum Gasteiger partial charge on any atom is -0.482 e. The molecule has 0 radical (unpaired) electrons. The van der Waals surface area contributed by atoms with E-state index in [2.05, 4.69) is 17.2 Å². The van der Waals surface area contributed by atoms with Crippen molar-refractivity contribution in [3.63, 3.8) is 0 Å². The Hall–Kier alpha value is -3.52. The van der Waals surface area contributed by atoms with Gasteiger partial charge in [-0.2, -0.15) is 5.10 Å². The molecular weight excluding hydrogens is 430 g/mol. The zero-order chi connectivity index (χ0) is 24.5. The molecule has 8 nitrogen and oxygen atoms in total. The van der Waals surface area contributed by atoms with E-state index in [1.165, 1.54) is 5.01 Å². The van der Waals surface area contributed by atoms with Gasteiger partial charge in [0.15, 0.2) is 5.84 Å². The quantitative estimate of drug-likeness (QED) is 0.304. The normalized spacial score (nSPS) is 17.5. The second-order valence-electron chi connectivity index (χ2n) is 9.83. The van der Waals surface area contributed by atoms with E-state index in [0.29, 0.717) is 31.8 Å². The Morgan fingerprint density at radius 2 is 1.76 bits per heavy atom. The Kier molecular flexibility index (Phi) is 6.27. The SMILES string of the molecule is CN(N)/C(=N\N)c1ccc(C2=CC3(CCN(C(=O)OC(C)(C)C)CC3)Oc3ccccc32)cc1. The third-order valence-corrected chi connectivity index (χ3v) is 6.07. The van der Waals surface area contributed by atoms with Gasteiger partial charge in [-0.1, -0.05) is 42.5 Å². The van der Waals surface area contributed by atoms with Crippen molar-refractivity contribution in [2.45, 2.75) is 44.8 Å². The number of amidine groups is 1. The number of hydrazine groups is 1. The Morgan fingerprint density at radius 3 is 2.35 bits per heavy atom. The van der Waals surface area contributed by atoms with Gasteiger partial charge >= 0.3 is 6.09 Å². The fourth-order valence-electron chi connectivity index (χ4n) is 4.42. The molecule has 0 unspecified atom stereocenters. The van der Waals surface area contributed by atoms with Crippen LogP contribution in [0.3, 0.4) is 0 Å². The lowest BCUT2D eigenvalue weighted by atomic mass is 9.83. The summed E-state index contributed by atoms with van der Waals surface area (Å²) >= 11 is 0. The van der Waals surface area contributed by atoms with Gasteiger partial charge < -0.3 is 20.2 Å². The molecule has 0 aromatic heterocycles. The first-order valence-electron chi connectivity index (χ1n) is 11.5. The molecule has 1 amide bonds. The lowest BCUT2D eigenvalue weighted by Gasteiger charge is -2.43. The number of hydrazone groups is 1. The molecule has 2 aromatic rings. The van der Waals surface area contributed by atoms with Crippen molar-refractivity contribution in [3.05, 3.63) is 71.3 Å². The molecule has 4 N–H and O–H groups in total. The summed E-state index contributed by atoms with van der Waals surface area (Å²) in [6, 6.07) is 16.1. The molecule has 180 valence electrons. The first-order chi connectivity index (χ1) is 16.1. The van der Waals surface area contributed by atoms with Crippen LogP contribution in [0.2, 0.25) is 0 Å². The number of rotatable bonds is 2. The number of carbonyl (C=O) groups excluding carboxylic acids is 1. The molecule has 0 aliphatic carbocycles. The summed E-state index contributed by atoms with van der Waals surface area (Å²) in [6.45, 7) is 6.78. The van der Waals surface area contributed by atoms with Gasteiger partial charge in [0.2, 0.25) is 0 Å². The molecule has 2 heterocycles. The van der Waals surface area contributed by atoms with Gasteiger partial charge in [0.05, 0.1) is 0 Å². The average molecular weight is 464 g/mol. The van der Waals surface area contributed by atoms with Gasteiger partial charge in [0.25, 0.3) is 0 Å². The van der Waals surface area contributed by atoms with Crippen LogP contribution in [-0.2, 0) is 4.74 Å². The van der Waals surface area contributed by atoms with Gasteiger partial charge in [-0.3, -0.25) is 5.01 Å². The van der Waals surface area contributed by atoms with Crippen molar-refractivity contribution in [2.75, 3.05) is 20.1 Å². The zero-order valence-corrected chi connectivity index (χ0v) is 20.2. The van der Waals surface area contributed by atoms with E-state index in [1.54, 1.807) is 11.9 Å². The lowest BCUT2D eigenvalue weighted by Crippen LogP contribution is -2.50. The van der Waals surface area contributed by atoms with Gasteiger partial charge in [-0.25, -0.2) is 10.6 Å². The molecule has 0 atom stereocenters. The highest BCUT2D eigenvalue weighted by Crippen LogP contribution is 2.43. The van der Waals surface area contributed by atoms with E-state index in [9.17, 15) is 4.79 Å². The molecule has 1 saturated heterocycles. The Balaban J connectivity index is 1.62. The monoisotopic (exact) mass is 463 g/mol. The molecule has 1 fully saturated rings. The number of para-hydroxylation sites is 1. The van der Waals surface area contributed by atoms with Crippen LogP contribution in [0.4, 0.5) is 4.79 Å². The van der Waals surface area contributed by atoms with Crippen LogP contribution in [0.1, 0.15) is 50.3 Å². The fraction of sp³-hybridized carbons (Fsp3) is 0.385. The molecule has 2 aliphatic heterocycles. The summed E-state index contributed by atoms with van der Waals surface area (Å²) in [5, 5.41) is 5.18. The van der Waals surface area contributed by atoms with Crippen LogP contribution in [0, 0.1) is 0 Å². The topological polar surface area (TPSA) is 106 Å². The van der Waals surface area contributed by atoms with Crippen LogP contribution < -0.4 is 16.4 Å². The molecule has 2 aromatic carbocycles. The molecule has 4 rings (SSSR count). The molecular formula is C26H33N5O3. The van der Waals surface area contributed by atoms with Crippen LogP contribution in [0.15, 0.2) is 59.7 Å². The van der Waals surface area contributed by atoms with E-state index in [0.717, 1.165) is 28.0 Å². The maximum Gasteiger partial charge on any atom is 0.410 e. The minimum absolute atomic E-state index is 0.277. The number of fused-ring (bicyclic) bond motifs is 1. The second kappa shape index (κ2) is 9.02. The number of carbonyl (C=O) groups is 1. The summed E-state index contributed by atoms with van der Waals surface area (Å²) in [4.78, 5) is 14.3. The molecule has 8 heteroatoms. The van der Waals surface area contributed by atoms with Crippen molar-refractivity contribution in [2.24, 2.45) is 16.8 Å². The summed E-state index contributed by atoms with van der Waals surface area (Å²) in [7, 11) is 1.70. The van der Waals surface area contributed by atoms with E-state index >= 15 is 0 Å². The van der Waals surface area contributed by atoms with E-state index in [1.807, 2.05) is 63.2 Å². The van der Waals surface area contributed by atoms with Crippen LogP contribution >= 0.6 is 0 Å². The second-order valence-corrected chi connectivity index (χ2v) is 9.83. The highest BCUT2D eigenvalue weighted by Gasteiger charge is 2.40. The molecule has 1 spiro atoms. The maximum absolute atomic E-state index is 12.5. The number of ether oxygens (including phenoxy) is 2. The predicted molar refractivity (Wildman–Crippen MR) is 133 cm³/mol. The number of nitrogens with two attached hydrogens (primary N) is 2. The predicted octanol–water partition coefficient (Wildman–Crippen LogP) is 3.71. The standard InChI is InChI=1S/C26H33N5O3/c1-25(2,3)34-24(32)31-15-13-26(14-16-31)17-21(20-7-5-6-8-22(20)33-26)18-9-11-19(12-10-18)23(29-27)30(4)28/h5-12,17H,13-16,27-28H2,1-4H3/b29-23-. The van der Waals surface area contributed by atoms with Crippen LogP contribution in [-0.4, -0.2) is 53.2 Å². The number of benzene rings is 2. The van der Waals surface area contributed by atoms with Crippen molar-refractivity contribution in [1.82, 2.24) is 9.91 Å². The van der Waals surface area contributed by atoms with Gasteiger partial charge in [0, 0.05) is 44.1 Å². The zero-order valence-electron chi connectivity index (χ0n) is 20.2. The Morgan fingerprint density at radius 1 is 1.12 bits per heavy atom. The third kappa shape index (κ3) is 4.87. The first kappa shape index (κ1) is 23.6. The van der Waals surface area contributed by atoms with E-state index in [-0.39, 0.29) is 6.09 Å². The number of hydrogen-bond acceptors (Lipinski definition) is 6. The fourth-order valence-corrected chi connectivity index (χ4v) is 4.42. The summed E-state index contributed by atoms with van der Waals surface area (Å²) in [5.74, 6) is 12.7. The van der Waals surface area contributed by atoms with Gasteiger partial charge in [-0.15, -0.1) is 0 Å². The van der Waals surface area contributed by atoms with Crippen LogP contribution in [0.5, 0.6) is 5.75 Å². The number of hydrogen-bond donors (Lipinski definition) is 2.